The van der Waals surface area contributed by atoms with Crippen LogP contribution in [-0.2, 0) is 20.9 Å². The Morgan fingerprint density at radius 3 is 2.78 bits per heavy atom. The van der Waals surface area contributed by atoms with E-state index in [0.717, 1.165) is 0 Å². The molecule has 0 bridgehead atoms. The van der Waals surface area contributed by atoms with E-state index in [4.69, 9.17) is 4.74 Å². The number of nitrogens with one attached hydrogen (secondary N) is 1. The Bertz CT molecular complexity index is 868. The zero-order valence-corrected chi connectivity index (χ0v) is 16.5. The van der Waals surface area contributed by atoms with Crippen molar-refractivity contribution in [2.75, 3.05) is 40.1 Å². The van der Waals surface area contributed by atoms with Crippen LogP contribution in [0.15, 0.2) is 34.2 Å². The second-order valence-corrected chi connectivity index (χ2v) is 6.87. The van der Waals surface area contributed by atoms with Crippen LogP contribution < -0.4 is 10.9 Å². The minimum absolute atomic E-state index is 0.0122. The van der Waals surface area contributed by atoms with E-state index in [9.17, 15) is 14.4 Å². The molecular weight excluding hydrogens is 368 g/mol. The molecule has 0 saturated carbocycles. The van der Waals surface area contributed by atoms with Crippen LogP contribution in [-0.4, -0.2) is 66.4 Å². The Morgan fingerprint density at radius 1 is 1.33 bits per heavy atom. The van der Waals surface area contributed by atoms with E-state index in [0.29, 0.717) is 35.6 Å². The van der Waals surface area contributed by atoms with Gasteiger partial charge in [-0.1, -0.05) is 23.9 Å². The van der Waals surface area contributed by atoms with Crippen LogP contribution in [0.1, 0.15) is 6.42 Å². The van der Waals surface area contributed by atoms with Crippen LogP contribution in [0.4, 0.5) is 0 Å². The highest BCUT2D eigenvalue weighted by Gasteiger charge is 2.16. The topological polar surface area (TPSA) is 93.5 Å². The highest BCUT2D eigenvalue weighted by atomic mass is 32.2. The van der Waals surface area contributed by atoms with Crippen LogP contribution in [0.2, 0.25) is 0 Å². The summed E-state index contributed by atoms with van der Waals surface area (Å²) in [5.74, 6) is -0.367. The van der Waals surface area contributed by atoms with Gasteiger partial charge in [-0.3, -0.25) is 19.0 Å². The number of hydrogen-bond donors (Lipinski definition) is 1. The van der Waals surface area contributed by atoms with Gasteiger partial charge in [-0.05, 0) is 18.6 Å². The molecule has 1 aromatic heterocycles. The van der Waals surface area contributed by atoms with Crippen LogP contribution >= 0.6 is 11.8 Å². The van der Waals surface area contributed by atoms with E-state index in [1.165, 1.54) is 23.7 Å². The van der Waals surface area contributed by atoms with Crippen molar-refractivity contribution in [3.63, 3.8) is 0 Å². The summed E-state index contributed by atoms with van der Waals surface area (Å²) in [6.07, 6.45) is 0.661. The second kappa shape index (κ2) is 10.1. The first-order valence-electron chi connectivity index (χ1n) is 8.53. The summed E-state index contributed by atoms with van der Waals surface area (Å²) >= 11 is 1.19. The third-order valence-electron chi connectivity index (χ3n) is 3.97. The molecule has 27 heavy (non-hydrogen) atoms. The number of aromatic nitrogens is 2. The van der Waals surface area contributed by atoms with Crippen molar-refractivity contribution in [1.29, 1.82) is 0 Å². The quantitative estimate of drug-likeness (QED) is 0.384. The molecule has 0 radical (unpaired) electrons. The van der Waals surface area contributed by atoms with Crippen LogP contribution in [0, 0.1) is 0 Å². The highest BCUT2D eigenvalue weighted by Crippen LogP contribution is 2.18. The molecule has 8 nitrogen and oxygen atoms in total. The van der Waals surface area contributed by atoms with Gasteiger partial charge in [0.05, 0.1) is 23.2 Å². The number of benzene rings is 1. The van der Waals surface area contributed by atoms with E-state index >= 15 is 0 Å². The first-order chi connectivity index (χ1) is 13.0. The average molecular weight is 392 g/mol. The number of amides is 2. The number of para-hydroxylation sites is 1. The zero-order valence-electron chi connectivity index (χ0n) is 15.7. The molecule has 0 unspecified atom stereocenters. The van der Waals surface area contributed by atoms with Crippen LogP contribution in [0.5, 0.6) is 0 Å². The number of fused-ring (bicyclic) bond motifs is 1. The number of rotatable bonds is 9. The van der Waals surface area contributed by atoms with E-state index in [-0.39, 0.29) is 29.7 Å². The number of thioether (sulfide) groups is 1. The number of ether oxygens (including phenoxy) is 1. The average Bonchev–Trinajstić information content (AvgIpc) is 2.67. The molecule has 2 rings (SSSR count). The van der Waals surface area contributed by atoms with Crippen molar-refractivity contribution < 1.29 is 14.3 Å². The van der Waals surface area contributed by atoms with Gasteiger partial charge >= 0.3 is 0 Å². The molecule has 1 N–H and O–H groups in total. The molecule has 2 amide bonds. The van der Waals surface area contributed by atoms with Crippen molar-refractivity contribution in [3.05, 3.63) is 34.6 Å². The summed E-state index contributed by atoms with van der Waals surface area (Å²) in [4.78, 5) is 42.4. The summed E-state index contributed by atoms with van der Waals surface area (Å²) in [7, 11) is 4.70. The maximum Gasteiger partial charge on any atom is 0.262 e. The van der Waals surface area contributed by atoms with Gasteiger partial charge in [-0.2, -0.15) is 0 Å². The van der Waals surface area contributed by atoms with Gasteiger partial charge in [0.2, 0.25) is 11.8 Å². The molecule has 2 aromatic rings. The second-order valence-electron chi connectivity index (χ2n) is 5.93. The maximum atomic E-state index is 12.8. The number of likely N-dealkylation sites (N-methyl/N-ethyl adjacent to an activating group) is 2. The monoisotopic (exact) mass is 392 g/mol. The minimum Gasteiger partial charge on any atom is -0.385 e. The van der Waals surface area contributed by atoms with Gasteiger partial charge in [0.25, 0.3) is 5.56 Å². The summed E-state index contributed by atoms with van der Waals surface area (Å²) in [5.41, 5.74) is 0.463. The fourth-order valence-corrected chi connectivity index (χ4v) is 3.41. The molecule has 1 aromatic carbocycles. The molecule has 9 heteroatoms. The number of nitrogens with zero attached hydrogens (tertiary/aromatic N) is 3. The van der Waals surface area contributed by atoms with Crippen molar-refractivity contribution in [3.8, 4) is 0 Å². The number of hydrogen-bond acceptors (Lipinski definition) is 6. The number of methoxy groups -OCH3 is 1. The molecule has 0 aliphatic rings. The van der Waals surface area contributed by atoms with Crippen molar-refractivity contribution in [1.82, 2.24) is 19.8 Å². The van der Waals surface area contributed by atoms with Gasteiger partial charge in [0, 0.05) is 34.4 Å². The third-order valence-corrected chi connectivity index (χ3v) is 4.93. The summed E-state index contributed by atoms with van der Waals surface area (Å²) in [6.45, 7) is 0.966. The molecule has 0 fully saturated rings. The Labute approximate surface area is 161 Å². The molecule has 0 saturated heterocycles. The summed E-state index contributed by atoms with van der Waals surface area (Å²) in [5, 5.41) is 3.51. The van der Waals surface area contributed by atoms with Gasteiger partial charge < -0.3 is 15.0 Å². The lowest BCUT2D eigenvalue weighted by atomic mass is 10.2. The lowest BCUT2D eigenvalue weighted by Gasteiger charge is -2.17. The SMILES string of the molecule is CNC(=O)CN(C)C(=O)CSc1nc2ccccc2c(=O)n1CCCOC. The Kier molecular flexibility index (Phi) is 7.81. The number of carbonyl (C=O) groups is 2. The van der Waals surface area contributed by atoms with Crippen LogP contribution in [0.25, 0.3) is 10.9 Å². The minimum atomic E-state index is -0.240. The van der Waals surface area contributed by atoms with Crippen molar-refractivity contribution in [2.45, 2.75) is 18.1 Å². The Morgan fingerprint density at radius 2 is 2.07 bits per heavy atom. The normalized spacial score (nSPS) is 10.8. The van der Waals surface area contributed by atoms with Crippen molar-refractivity contribution >= 4 is 34.5 Å². The van der Waals surface area contributed by atoms with E-state index < -0.39 is 0 Å². The molecule has 0 aliphatic carbocycles. The lowest BCUT2D eigenvalue weighted by Crippen LogP contribution is -2.37. The van der Waals surface area contributed by atoms with Gasteiger partial charge in [-0.25, -0.2) is 4.98 Å². The van der Waals surface area contributed by atoms with Gasteiger partial charge in [0.15, 0.2) is 5.16 Å². The standard InChI is InChI=1S/C18H24N4O4S/c1-19-15(23)11-21(2)16(24)12-27-18-20-14-8-5-4-7-13(14)17(25)22(18)9-6-10-26-3/h4-5,7-8H,6,9-12H2,1-3H3,(H,19,23). The summed E-state index contributed by atoms with van der Waals surface area (Å²) < 4.78 is 6.65. The lowest BCUT2D eigenvalue weighted by molar-refractivity contribution is -0.132. The zero-order chi connectivity index (χ0) is 19.8. The van der Waals surface area contributed by atoms with Crippen molar-refractivity contribution in [2.24, 2.45) is 0 Å². The Hall–Kier alpha value is -2.39. The highest BCUT2D eigenvalue weighted by molar-refractivity contribution is 7.99. The van der Waals surface area contributed by atoms with Gasteiger partial charge in [-0.15, -0.1) is 0 Å². The predicted molar refractivity (Wildman–Crippen MR) is 105 cm³/mol. The molecule has 0 atom stereocenters. The molecule has 0 spiro atoms. The first-order valence-corrected chi connectivity index (χ1v) is 9.52. The Balaban J connectivity index is 2.22. The fraction of sp³-hybridized carbons (Fsp3) is 0.444. The fourth-order valence-electron chi connectivity index (χ4n) is 2.44. The first kappa shape index (κ1) is 20.9. The predicted octanol–water partition coefficient (Wildman–Crippen LogP) is 0.730. The maximum absolute atomic E-state index is 12.8. The number of carbonyl (C=O) groups excluding carboxylic acids is 2. The summed E-state index contributed by atoms with van der Waals surface area (Å²) in [6, 6.07) is 7.14. The molecule has 0 aliphatic heterocycles. The largest absolute Gasteiger partial charge is 0.385 e. The van der Waals surface area contributed by atoms with E-state index in [2.05, 4.69) is 10.3 Å². The van der Waals surface area contributed by atoms with E-state index in [1.807, 2.05) is 6.07 Å². The van der Waals surface area contributed by atoms with Gasteiger partial charge in [0.1, 0.15) is 0 Å². The van der Waals surface area contributed by atoms with E-state index in [1.54, 1.807) is 36.9 Å². The molecular formula is C18H24N4O4S. The van der Waals surface area contributed by atoms with Crippen LogP contribution in [0.3, 0.4) is 0 Å². The molecule has 146 valence electrons. The third kappa shape index (κ3) is 5.54. The molecule has 1 heterocycles. The smallest absolute Gasteiger partial charge is 0.262 e.